The number of halogens is 4. The Labute approximate surface area is 240 Å². The van der Waals surface area contributed by atoms with Crippen molar-refractivity contribution < 1.29 is 32.6 Å². The molecule has 1 aromatic carbocycles. The van der Waals surface area contributed by atoms with Crippen LogP contribution in [-0.4, -0.2) is 83.8 Å². The third-order valence-corrected chi connectivity index (χ3v) is 9.39. The summed E-state index contributed by atoms with van der Waals surface area (Å²) in [6.45, 7) is 1.79. The minimum absolute atomic E-state index is 0.119. The van der Waals surface area contributed by atoms with Gasteiger partial charge in [0.1, 0.15) is 16.7 Å². The molecule has 8 nitrogen and oxygen atoms in total. The number of alkyl halides is 3. The maximum Gasteiger partial charge on any atom is 0.430 e. The predicted octanol–water partition coefficient (Wildman–Crippen LogP) is 4.25. The fourth-order valence-electron chi connectivity index (χ4n) is 5.08. The van der Waals surface area contributed by atoms with Gasteiger partial charge in [-0.15, -0.1) is 0 Å². The van der Waals surface area contributed by atoms with Crippen LogP contribution in [0.3, 0.4) is 0 Å². The van der Waals surface area contributed by atoms with Crippen LogP contribution in [0.25, 0.3) is 0 Å². The lowest BCUT2D eigenvalue weighted by molar-refractivity contribution is -0.262. The quantitative estimate of drug-likeness (QED) is 0.459. The Bertz CT molecular complexity index is 1220. The molecule has 2 saturated heterocycles. The number of anilines is 1. The number of amides is 2. The third kappa shape index (κ3) is 6.28. The lowest BCUT2D eigenvalue weighted by Crippen LogP contribution is -2.57. The monoisotopic (exact) mass is 600 g/mol. The van der Waals surface area contributed by atoms with Crippen molar-refractivity contribution >= 4 is 41.0 Å². The van der Waals surface area contributed by atoms with Crippen LogP contribution in [-0.2, 0) is 10.4 Å². The molecule has 0 spiro atoms. The second kappa shape index (κ2) is 12.4. The number of benzene rings is 1. The molecule has 2 fully saturated rings. The largest absolute Gasteiger partial charge is 0.497 e. The Kier molecular flexibility index (Phi) is 9.41. The fourth-order valence-corrected chi connectivity index (χ4v) is 6.82. The van der Waals surface area contributed by atoms with E-state index in [1.54, 1.807) is 12.1 Å². The van der Waals surface area contributed by atoms with Crippen molar-refractivity contribution in [2.75, 3.05) is 45.2 Å². The van der Waals surface area contributed by atoms with E-state index in [1.165, 1.54) is 26.3 Å². The van der Waals surface area contributed by atoms with Gasteiger partial charge in [0.15, 0.2) is 0 Å². The zero-order valence-corrected chi connectivity index (χ0v) is 23.8. The van der Waals surface area contributed by atoms with Crippen LogP contribution in [0.2, 0.25) is 5.15 Å². The average molecular weight is 601 g/mol. The number of ether oxygens (including phenoxy) is 1. The second-order valence-corrected chi connectivity index (χ2v) is 11.8. The number of nitrogens with zero attached hydrogens (tertiary/aromatic N) is 3. The predicted molar refractivity (Wildman–Crippen MR) is 148 cm³/mol. The van der Waals surface area contributed by atoms with Crippen LogP contribution in [0.4, 0.5) is 19.0 Å². The third-order valence-electron chi connectivity index (χ3n) is 7.39. The van der Waals surface area contributed by atoms with Gasteiger partial charge in [0, 0.05) is 49.3 Å². The molecular formula is C27H32ClF3N4O4S. The normalized spacial score (nSPS) is 18.8. The Balaban J connectivity index is 1.31. The van der Waals surface area contributed by atoms with E-state index >= 15 is 0 Å². The van der Waals surface area contributed by atoms with E-state index < -0.39 is 23.2 Å². The van der Waals surface area contributed by atoms with E-state index in [4.69, 9.17) is 16.3 Å². The van der Waals surface area contributed by atoms with Crippen molar-refractivity contribution in [3.8, 4) is 5.75 Å². The number of hydrogen-bond acceptors (Lipinski definition) is 7. The molecule has 13 heteroatoms. The number of thioether (sulfide) groups is 1. The highest BCUT2D eigenvalue weighted by Crippen LogP contribution is 2.42. The number of aromatic nitrogens is 1. The van der Waals surface area contributed by atoms with Gasteiger partial charge < -0.3 is 25.0 Å². The highest BCUT2D eigenvalue weighted by Gasteiger charge is 2.62. The average Bonchev–Trinajstić information content (AvgIpc) is 2.96. The standard InChI is InChI=1S/C27H32ClF3N4O4S/c1-32-24(36)21-6-7-22(33-23(21)28)34-12-8-19(9-13-34)40-20-10-14-35(15-11-20)25(37)26(38,27(29,30)31)17-4-3-5-18(16-17)39-2/h3-7,16,19-20,38H,8-15H2,1-2H3,(H,32,36). The number of pyridine rings is 1. The van der Waals surface area contributed by atoms with Gasteiger partial charge in [0.25, 0.3) is 17.4 Å². The van der Waals surface area contributed by atoms with Gasteiger partial charge in [-0.2, -0.15) is 24.9 Å². The number of methoxy groups -OCH3 is 1. The van der Waals surface area contributed by atoms with Crippen LogP contribution in [0.15, 0.2) is 36.4 Å². The summed E-state index contributed by atoms with van der Waals surface area (Å²) in [6.07, 6.45) is -2.33. The highest BCUT2D eigenvalue weighted by molar-refractivity contribution is 8.00. The summed E-state index contributed by atoms with van der Waals surface area (Å²) in [5.41, 5.74) is -3.89. The number of nitrogens with one attached hydrogen (secondary N) is 1. The Morgan fingerprint density at radius 3 is 2.25 bits per heavy atom. The lowest BCUT2D eigenvalue weighted by Gasteiger charge is -2.40. The maximum atomic E-state index is 14.1. The van der Waals surface area contributed by atoms with Crippen molar-refractivity contribution in [1.82, 2.24) is 15.2 Å². The van der Waals surface area contributed by atoms with Crippen molar-refractivity contribution in [1.29, 1.82) is 0 Å². The topological polar surface area (TPSA) is 95.0 Å². The summed E-state index contributed by atoms with van der Waals surface area (Å²) in [7, 11) is 2.83. The molecule has 0 aliphatic carbocycles. The van der Waals surface area contributed by atoms with Crippen LogP contribution in [0.1, 0.15) is 41.6 Å². The fraction of sp³-hybridized carbons (Fsp3) is 0.519. The Hall–Kier alpha value is -2.70. The number of likely N-dealkylation sites (tertiary alicyclic amines) is 1. The van der Waals surface area contributed by atoms with E-state index in [0.29, 0.717) is 29.5 Å². The first-order chi connectivity index (χ1) is 19.0. The number of carbonyl (C=O) groups is 2. The van der Waals surface area contributed by atoms with Gasteiger partial charge >= 0.3 is 6.18 Å². The summed E-state index contributed by atoms with van der Waals surface area (Å²) >= 11 is 8.01. The Morgan fingerprint density at radius 2 is 1.70 bits per heavy atom. The van der Waals surface area contributed by atoms with Gasteiger partial charge in [0.2, 0.25) is 0 Å². The first-order valence-corrected chi connectivity index (χ1v) is 14.3. The molecule has 2 aliphatic rings. The number of hydrogen-bond donors (Lipinski definition) is 2. The van der Waals surface area contributed by atoms with Crippen molar-refractivity contribution in [2.45, 2.75) is 48.0 Å². The summed E-state index contributed by atoms with van der Waals surface area (Å²) in [4.78, 5) is 32.6. The van der Waals surface area contributed by atoms with Crippen LogP contribution in [0.5, 0.6) is 5.75 Å². The summed E-state index contributed by atoms with van der Waals surface area (Å²) in [6, 6.07) is 8.34. The van der Waals surface area contributed by atoms with Gasteiger partial charge in [-0.1, -0.05) is 23.7 Å². The van der Waals surface area contributed by atoms with Crippen molar-refractivity contribution in [3.63, 3.8) is 0 Å². The van der Waals surface area contributed by atoms with E-state index in [-0.39, 0.29) is 35.1 Å². The molecule has 218 valence electrons. The molecule has 1 unspecified atom stereocenters. The smallest absolute Gasteiger partial charge is 0.430 e. The second-order valence-electron chi connectivity index (χ2n) is 9.84. The molecule has 3 heterocycles. The van der Waals surface area contributed by atoms with E-state index in [2.05, 4.69) is 15.2 Å². The molecule has 4 rings (SSSR count). The highest BCUT2D eigenvalue weighted by atomic mass is 35.5. The van der Waals surface area contributed by atoms with Crippen LogP contribution >= 0.6 is 23.4 Å². The van der Waals surface area contributed by atoms with Crippen molar-refractivity contribution in [2.24, 2.45) is 0 Å². The Morgan fingerprint density at radius 1 is 1.07 bits per heavy atom. The molecule has 2 N–H and O–H groups in total. The number of carbonyl (C=O) groups excluding carboxylic acids is 2. The van der Waals surface area contributed by atoms with E-state index in [9.17, 15) is 27.9 Å². The maximum absolute atomic E-state index is 14.1. The number of piperidine rings is 2. The SMILES string of the molecule is CNC(=O)c1ccc(N2CCC(SC3CCN(C(=O)C(O)(c4cccc(OC)c4)C(F)(F)F)CC3)CC2)nc1Cl. The van der Waals surface area contributed by atoms with E-state index in [0.717, 1.165) is 43.0 Å². The molecular weight excluding hydrogens is 569 g/mol. The molecule has 2 aliphatic heterocycles. The van der Waals surface area contributed by atoms with Gasteiger partial charge in [0.05, 0.1) is 12.7 Å². The van der Waals surface area contributed by atoms with Gasteiger partial charge in [-0.3, -0.25) is 9.59 Å². The first-order valence-electron chi connectivity index (χ1n) is 13.0. The molecule has 0 bridgehead atoms. The molecule has 2 amide bonds. The van der Waals surface area contributed by atoms with Crippen LogP contribution < -0.4 is 15.0 Å². The minimum Gasteiger partial charge on any atom is -0.497 e. The molecule has 40 heavy (non-hydrogen) atoms. The number of rotatable bonds is 7. The number of aliphatic hydroxyl groups is 1. The van der Waals surface area contributed by atoms with E-state index in [1.807, 2.05) is 11.8 Å². The summed E-state index contributed by atoms with van der Waals surface area (Å²) in [5, 5.41) is 14.0. The molecule has 1 atom stereocenters. The molecule has 0 radical (unpaired) electrons. The molecule has 2 aromatic rings. The van der Waals surface area contributed by atoms with Crippen molar-refractivity contribution in [3.05, 3.63) is 52.7 Å². The lowest BCUT2D eigenvalue weighted by atomic mass is 9.90. The summed E-state index contributed by atoms with van der Waals surface area (Å²) < 4.78 is 47.3. The van der Waals surface area contributed by atoms with Gasteiger partial charge in [-0.25, -0.2) is 4.98 Å². The minimum atomic E-state index is -5.20. The summed E-state index contributed by atoms with van der Waals surface area (Å²) in [5.74, 6) is -0.830. The first kappa shape index (κ1) is 30.3. The molecule has 0 saturated carbocycles. The zero-order valence-electron chi connectivity index (χ0n) is 22.2. The van der Waals surface area contributed by atoms with Crippen LogP contribution in [0, 0.1) is 0 Å². The van der Waals surface area contributed by atoms with Gasteiger partial charge in [-0.05, 0) is 49.9 Å². The zero-order chi connectivity index (χ0) is 29.1. The molecule has 1 aromatic heterocycles.